The van der Waals surface area contributed by atoms with E-state index in [1.165, 1.54) is 11.1 Å². The van der Waals surface area contributed by atoms with Gasteiger partial charge in [0.2, 0.25) is 0 Å². The number of furan rings is 1. The molecule has 23 heavy (non-hydrogen) atoms. The van der Waals surface area contributed by atoms with Gasteiger partial charge in [-0.1, -0.05) is 42.5 Å². The molecule has 0 bridgehead atoms. The summed E-state index contributed by atoms with van der Waals surface area (Å²) >= 11 is 0. The summed E-state index contributed by atoms with van der Waals surface area (Å²) in [4.78, 5) is 0. The molecule has 0 spiro atoms. The van der Waals surface area contributed by atoms with Crippen molar-refractivity contribution in [3.8, 4) is 5.75 Å². The summed E-state index contributed by atoms with van der Waals surface area (Å²) in [5.41, 5.74) is 2.42. The van der Waals surface area contributed by atoms with E-state index in [4.69, 9.17) is 9.15 Å². The maximum atomic E-state index is 5.79. The molecule has 0 atom stereocenters. The Hall–Kier alpha value is -2.52. The number of rotatable bonds is 8. The topological polar surface area (TPSA) is 34.4 Å². The van der Waals surface area contributed by atoms with Crippen LogP contribution in [0.5, 0.6) is 5.75 Å². The van der Waals surface area contributed by atoms with Crippen LogP contribution in [0.25, 0.3) is 0 Å². The molecule has 2 aromatic carbocycles. The number of hydrogen-bond acceptors (Lipinski definition) is 3. The molecule has 0 saturated heterocycles. The first-order chi connectivity index (χ1) is 11.4. The van der Waals surface area contributed by atoms with Gasteiger partial charge in [0.05, 0.1) is 6.26 Å². The smallest absolute Gasteiger partial charge is 0.119 e. The molecule has 0 fully saturated rings. The van der Waals surface area contributed by atoms with E-state index in [0.29, 0.717) is 6.61 Å². The predicted molar refractivity (Wildman–Crippen MR) is 91.3 cm³/mol. The van der Waals surface area contributed by atoms with Crippen LogP contribution in [0.1, 0.15) is 16.9 Å². The highest BCUT2D eigenvalue weighted by atomic mass is 16.5. The Morgan fingerprint density at radius 1 is 0.826 bits per heavy atom. The fourth-order valence-corrected chi connectivity index (χ4v) is 2.34. The van der Waals surface area contributed by atoms with Crippen LogP contribution < -0.4 is 10.1 Å². The monoisotopic (exact) mass is 307 g/mol. The summed E-state index contributed by atoms with van der Waals surface area (Å²) in [6, 6.07) is 22.3. The predicted octanol–water partition coefficient (Wildman–Crippen LogP) is 4.19. The molecule has 1 N–H and O–H groups in total. The molecule has 1 aromatic heterocycles. The highest BCUT2D eigenvalue weighted by Crippen LogP contribution is 2.14. The lowest BCUT2D eigenvalue weighted by molar-refractivity contribution is 0.306. The van der Waals surface area contributed by atoms with Gasteiger partial charge in [0.1, 0.15) is 18.1 Å². The molecule has 3 heteroatoms. The largest absolute Gasteiger partial charge is 0.489 e. The molecule has 3 rings (SSSR count). The second kappa shape index (κ2) is 8.20. The van der Waals surface area contributed by atoms with Gasteiger partial charge in [-0.25, -0.2) is 0 Å². The number of benzene rings is 2. The summed E-state index contributed by atoms with van der Waals surface area (Å²) in [6.07, 6.45) is 2.62. The summed E-state index contributed by atoms with van der Waals surface area (Å²) in [5, 5.41) is 3.42. The van der Waals surface area contributed by atoms with Crippen molar-refractivity contribution in [2.75, 3.05) is 6.54 Å². The maximum Gasteiger partial charge on any atom is 0.119 e. The van der Waals surface area contributed by atoms with Gasteiger partial charge in [-0.05, 0) is 35.4 Å². The van der Waals surface area contributed by atoms with Gasteiger partial charge < -0.3 is 14.5 Å². The van der Waals surface area contributed by atoms with Crippen LogP contribution in [0.3, 0.4) is 0 Å². The lowest BCUT2D eigenvalue weighted by Crippen LogP contribution is -2.16. The lowest BCUT2D eigenvalue weighted by atomic mass is 10.2. The van der Waals surface area contributed by atoms with E-state index in [9.17, 15) is 0 Å². The summed E-state index contributed by atoms with van der Waals surface area (Å²) in [7, 11) is 0. The zero-order valence-electron chi connectivity index (χ0n) is 13.1. The van der Waals surface area contributed by atoms with E-state index < -0.39 is 0 Å². The Labute approximate surface area is 136 Å². The molecule has 0 saturated carbocycles. The van der Waals surface area contributed by atoms with Gasteiger partial charge in [0.15, 0.2) is 0 Å². The van der Waals surface area contributed by atoms with Gasteiger partial charge in [-0.3, -0.25) is 0 Å². The van der Waals surface area contributed by atoms with E-state index in [2.05, 4.69) is 29.6 Å². The van der Waals surface area contributed by atoms with E-state index in [1.54, 1.807) is 6.26 Å². The van der Waals surface area contributed by atoms with Crippen LogP contribution in [0.15, 0.2) is 77.4 Å². The number of hydrogen-bond donors (Lipinski definition) is 1. The summed E-state index contributed by atoms with van der Waals surface area (Å²) in [6.45, 7) is 2.35. The minimum Gasteiger partial charge on any atom is -0.489 e. The maximum absolute atomic E-state index is 5.79. The fraction of sp³-hybridized carbons (Fsp3) is 0.200. The highest BCUT2D eigenvalue weighted by Gasteiger charge is 1.98. The molecule has 1 heterocycles. The first-order valence-electron chi connectivity index (χ1n) is 7.89. The third-order valence-corrected chi connectivity index (χ3v) is 3.63. The highest BCUT2D eigenvalue weighted by molar-refractivity contribution is 5.27. The third-order valence-electron chi connectivity index (χ3n) is 3.63. The van der Waals surface area contributed by atoms with Crippen molar-refractivity contribution in [3.63, 3.8) is 0 Å². The lowest BCUT2D eigenvalue weighted by Gasteiger charge is -2.08. The van der Waals surface area contributed by atoms with E-state index in [-0.39, 0.29) is 0 Å². The SMILES string of the molecule is c1ccc(COc2ccc(CNCCc3ccco3)cc2)cc1. The molecule has 3 nitrogen and oxygen atoms in total. The van der Waals surface area contributed by atoms with Crippen LogP contribution >= 0.6 is 0 Å². The summed E-state index contributed by atoms with van der Waals surface area (Å²) < 4.78 is 11.1. The Morgan fingerprint density at radius 2 is 1.65 bits per heavy atom. The zero-order chi connectivity index (χ0) is 15.7. The van der Waals surface area contributed by atoms with Crippen molar-refractivity contribution >= 4 is 0 Å². The van der Waals surface area contributed by atoms with Gasteiger partial charge in [0.25, 0.3) is 0 Å². The molecule has 0 unspecified atom stereocenters. The molecule has 0 aliphatic rings. The molecule has 0 radical (unpaired) electrons. The van der Waals surface area contributed by atoms with Crippen LogP contribution in [0, 0.1) is 0 Å². The zero-order valence-corrected chi connectivity index (χ0v) is 13.1. The van der Waals surface area contributed by atoms with Gasteiger partial charge >= 0.3 is 0 Å². The van der Waals surface area contributed by atoms with Crippen molar-refractivity contribution in [3.05, 3.63) is 89.9 Å². The molecule has 0 aliphatic heterocycles. The van der Waals surface area contributed by atoms with Crippen molar-refractivity contribution < 1.29 is 9.15 Å². The number of ether oxygens (including phenoxy) is 1. The molecule has 3 aromatic rings. The van der Waals surface area contributed by atoms with Crippen LogP contribution in [-0.4, -0.2) is 6.54 Å². The Kier molecular flexibility index (Phi) is 5.48. The average Bonchev–Trinajstić information content (AvgIpc) is 3.12. The minimum absolute atomic E-state index is 0.599. The Balaban J connectivity index is 1.40. The van der Waals surface area contributed by atoms with Gasteiger partial charge in [0, 0.05) is 19.5 Å². The standard InChI is InChI=1S/C20H21NO2/c1-2-5-18(6-3-1)16-23-20-10-8-17(9-11-20)15-21-13-12-19-7-4-14-22-19/h1-11,14,21H,12-13,15-16H2. The Morgan fingerprint density at radius 3 is 2.39 bits per heavy atom. The second-order valence-electron chi connectivity index (χ2n) is 5.42. The van der Waals surface area contributed by atoms with E-state index in [1.807, 2.05) is 42.5 Å². The number of nitrogens with one attached hydrogen (secondary N) is 1. The van der Waals surface area contributed by atoms with Crippen molar-refractivity contribution in [1.29, 1.82) is 0 Å². The normalized spacial score (nSPS) is 10.6. The van der Waals surface area contributed by atoms with Crippen LogP contribution in [0.2, 0.25) is 0 Å². The first-order valence-corrected chi connectivity index (χ1v) is 7.89. The quantitative estimate of drug-likeness (QED) is 0.634. The molecule has 0 aliphatic carbocycles. The van der Waals surface area contributed by atoms with Crippen molar-refractivity contribution in [2.45, 2.75) is 19.6 Å². The summed E-state index contributed by atoms with van der Waals surface area (Å²) in [5.74, 6) is 1.91. The van der Waals surface area contributed by atoms with Gasteiger partial charge in [-0.2, -0.15) is 0 Å². The van der Waals surface area contributed by atoms with Crippen molar-refractivity contribution in [2.24, 2.45) is 0 Å². The third kappa shape index (κ3) is 5.01. The molecule has 118 valence electrons. The Bertz CT molecular complexity index is 675. The molecular formula is C20H21NO2. The van der Waals surface area contributed by atoms with Gasteiger partial charge in [-0.15, -0.1) is 0 Å². The molecular weight excluding hydrogens is 286 g/mol. The average molecular weight is 307 g/mol. The molecule has 0 amide bonds. The first kappa shape index (κ1) is 15.4. The fourth-order valence-electron chi connectivity index (χ4n) is 2.34. The van der Waals surface area contributed by atoms with E-state index >= 15 is 0 Å². The van der Waals surface area contributed by atoms with E-state index in [0.717, 1.165) is 31.0 Å². The van der Waals surface area contributed by atoms with Crippen LogP contribution in [0.4, 0.5) is 0 Å². The van der Waals surface area contributed by atoms with Crippen LogP contribution in [-0.2, 0) is 19.6 Å². The van der Waals surface area contributed by atoms with Crippen molar-refractivity contribution in [1.82, 2.24) is 5.32 Å². The minimum atomic E-state index is 0.599. The second-order valence-corrected chi connectivity index (χ2v) is 5.42.